The number of urea groups is 1. The highest BCUT2D eigenvalue weighted by Gasteiger charge is 2.14. The predicted molar refractivity (Wildman–Crippen MR) is 67.7 cm³/mol. The minimum atomic E-state index is -1.06. The second kappa shape index (κ2) is 5.53. The summed E-state index contributed by atoms with van der Waals surface area (Å²) in [6, 6.07) is 5.37. The quantitative estimate of drug-likeness (QED) is 0.762. The molecular formula is C13H16N2O3. The van der Waals surface area contributed by atoms with Crippen LogP contribution >= 0.6 is 0 Å². The third-order valence-electron chi connectivity index (χ3n) is 3.04. The van der Waals surface area contributed by atoms with Crippen molar-refractivity contribution in [1.29, 1.82) is 0 Å². The topological polar surface area (TPSA) is 78.4 Å². The van der Waals surface area contributed by atoms with Gasteiger partial charge in [-0.3, -0.25) is 4.79 Å². The van der Waals surface area contributed by atoms with Crippen molar-refractivity contribution >= 4 is 17.7 Å². The molecule has 0 fully saturated rings. The monoisotopic (exact) mass is 248 g/mol. The molecule has 18 heavy (non-hydrogen) atoms. The number of anilines is 1. The van der Waals surface area contributed by atoms with Crippen LogP contribution in [0.15, 0.2) is 18.2 Å². The number of hydrogen-bond acceptors (Lipinski definition) is 2. The van der Waals surface area contributed by atoms with Crippen molar-refractivity contribution in [2.24, 2.45) is 0 Å². The van der Waals surface area contributed by atoms with Crippen molar-refractivity contribution in [2.75, 3.05) is 11.9 Å². The Morgan fingerprint density at radius 1 is 1.22 bits per heavy atom. The van der Waals surface area contributed by atoms with Crippen LogP contribution in [0.3, 0.4) is 0 Å². The molecule has 1 aromatic carbocycles. The fraction of sp³-hybridized carbons (Fsp3) is 0.385. The Bertz CT molecular complexity index is 471. The first-order valence-corrected chi connectivity index (χ1v) is 6.04. The van der Waals surface area contributed by atoms with Crippen LogP contribution in [0.1, 0.15) is 24.0 Å². The molecule has 5 nitrogen and oxygen atoms in total. The molecule has 0 aromatic heterocycles. The van der Waals surface area contributed by atoms with Crippen LogP contribution in [0.5, 0.6) is 0 Å². The summed E-state index contributed by atoms with van der Waals surface area (Å²) in [6.45, 7) is -0.374. The number of carbonyl (C=O) groups excluding carboxylic acids is 1. The number of aryl methyl sites for hydroxylation is 1. The highest BCUT2D eigenvalue weighted by atomic mass is 16.4. The largest absolute Gasteiger partial charge is 0.480 e. The Labute approximate surface area is 105 Å². The van der Waals surface area contributed by atoms with Crippen LogP contribution in [0.2, 0.25) is 0 Å². The number of amides is 2. The first-order valence-electron chi connectivity index (χ1n) is 6.04. The van der Waals surface area contributed by atoms with Crippen LogP contribution in [0.4, 0.5) is 10.5 Å². The second-order valence-electron chi connectivity index (χ2n) is 4.35. The maximum atomic E-state index is 11.5. The molecule has 0 bridgehead atoms. The fourth-order valence-corrected chi connectivity index (χ4v) is 2.22. The first-order chi connectivity index (χ1) is 8.66. The molecule has 5 heteroatoms. The van der Waals surface area contributed by atoms with Gasteiger partial charge in [-0.1, -0.05) is 12.1 Å². The van der Waals surface area contributed by atoms with Crippen LogP contribution in [0.25, 0.3) is 0 Å². The highest BCUT2D eigenvalue weighted by molar-refractivity contribution is 5.92. The van der Waals surface area contributed by atoms with Crippen molar-refractivity contribution in [3.8, 4) is 0 Å². The summed E-state index contributed by atoms with van der Waals surface area (Å²) in [4.78, 5) is 21.9. The summed E-state index contributed by atoms with van der Waals surface area (Å²) in [5.74, 6) is -1.06. The molecule has 0 atom stereocenters. The van der Waals surface area contributed by atoms with E-state index in [0.29, 0.717) is 0 Å². The molecule has 0 radical (unpaired) electrons. The summed E-state index contributed by atoms with van der Waals surface area (Å²) >= 11 is 0. The van der Waals surface area contributed by atoms with Crippen molar-refractivity contribution < 1.29 is 14.7 Å². The van der Waals surface area contributed by atoms with Gasteiger partial charge in [0.15, 0.2) is 0 Å². The lowest BCUT2D eigenvalue weighted by atomic mass is 9.90. The first kappa shape index (κ1) is 12.4. The molecule has 1 aliphatic rings. The Balaban J connectivity index is 2.05. The van der Waals surface area contributed by atoms with Gasteiger partial charge in [0.05, 0.1) is 0 Å². The highest BCUT2D eigenvalue weighted by Crippen LogP contribution is 2.27. The van der Waals surface area contributed by atoms with E-state index in [1.54, 1.807) is 0 Å². The van der Waals surface area contributed by atoms with Gasteiger partial charge in [0.2, 0.25) is 0 Å². The molecule has 0 aliphatic heterocycles. The number of carboxylic acids is 1. The Kier molecular flexibility index (Phi) is 3.82. The number of fused-ring (bicyclic) bond motifs is 1. The number of aliphatic carboxylic acids is 1. The Hall–Kier alpha value is -2.04. The molecular weight excluding hydrogens is 232 g/mol. The van der Waals surface area contributed by atoms with Crippen molar-refractivity contribution in [1.82, 2.24) is 5.32 Å². The molecule has 96 valence electrons. The van der Waals surface area contributed by atoms with E-state index in [4.69, 9.17) is 5.11 Å². The number of carbonyl (C=O) groups is 2. The zero-order valence-corrected chi connectivity index (χ0v) is 10.0. The predicted octanol–water partition coefficient (Wildman–Crippen LogP) is 1.77. The lowest BCUT2D eigenvalue weighted by Gasteiger charge is -2.19. The van der Waals surface area contributed by atoms with Gasteiger partial charge in [0.25, 0.3) is 0 Å². The van der Waals surface area contributed by atoms with E-state index in [1.165, 1.54) is 17.5 Å². The van der Waals surface area contributed by atoms with Gasteiger partial charge < -0.3 is 15.7 Å². The molecule has 0 saturated heterocycles. The van der Waals surface area contributed by atoms with E-state index in [1.807, 2.05) is 12.1 Å². The van der Waals surface area contributed by atoms with Gasteiger partial charge in [-0.05, 0) is 42.9 Å². The number of nitrogens with one attached hydrogen (secondary N) is 2. The zero-order valence-electron chi connectivity index (χ0n) is 10.0. The van der Waals surface area contributed by atoms with E-state index in [2.05, 4.69) is 16.7 Å². The molecule has 2 rings (SSSR count). The smallest absolute Gasteiger partial charge is 0.323 e. The minimum absolute atomic E-state index is 0.374. The van der Waals surface area contributed by atoms with Crippen molar-refractivity contribution in [3.05, 3.63) is 29.3 Å². The molecule has 1 aliphatic carbocycles. The summed E-state index contributed by atoms with van der Waals surface area (Å²) < 4.78 is 0. The van der Waals surface area contributed by atoms with Crippen molar-refractivity contribution in [2.45, 2.75) is 25.7 Å². The van der Waals surface area contributed by atoms with Crippen LogP contribution in [-0.2, 0) is 17.6 Å². The van der Waals surface area contributed by atoms with E-state index in [9.17, 15) is 9.59 Å². The molecule has 3 N–H and O–H groups in total. The maximum Gasteiger partial charge on any atom is 0.323 e. The van der Waals surface area contributed by atoms with Crippen LogP contribution < -0.4 is 10.6 Å². The van der Waals surface area contributed by atoms with Gasteiger partial charge in [0, 0.05) is 5.69 Å². The van der Waals surface area contributed by atoms with Gasteiger partial charge >= 0.3 is 12.0 Å². The van der Waals surface area contributed by atoms with Crippen LogP contribution in [-0.4, -0.2) is 23.7 Å². The standard InChI is InChI=1S/C13H16N2O3/c16-12(17)8-14-13(18)15-11-7-3-5-9-4-1-2-6-10(9)11/h3,5,7H,1-2,4,6,8H2,(H,16,17)(H2,14,15,18). The molecule has 0 spiro atoms. The van der Waals surface area contributed by atoms with E-state index < -0.39 is 12.0 Å². The molecule has 0 saturated carbocycles. The number of carboxylic acid groups (broad SMARTS) is 1. The Morgan fingerprint density at radius 2 is 2.00 bits per heavy atom. The van der Waals surface area contributed by atoms with Crippen molar-refractivity contribution in [3.63, 3.8) is 0 Å². The zero-order chi connectivity index (χ0) is 13.0. The van der Waals surface area contributed by atoms with E-state index in [-0.39, 0.29) is 6.54 Å². The van der Waals surface area contributed by atoms with Gasteiger partial charge in [-0.15, -0.1) is 0 Å². The Morgan fingerprint density at radius 3 is 2.78 bits per heavy atom. The van der Waals surface area contributed by atoms with Gasteiger partial charge in [-0.2, -0.15) is 0 Å². The molecule has 0 unspecified atom stereocenters. The average Bonchev–Trinajstić information content (AvgIpc) is 2.37. The maximum absolute atomic E-state index is 11.5. The summed E-state index contributed by atoms with van der Waals surface area (Å²) in [5.41, 5.74) is 3.24. The fourth-order valence-electron chi connectivity index (χ4n) is 2.22. The third kappa shape index (κ3) is 3.00. The lowest BCUT2D eigenvalue weighted by Crippen LogP contribution is -2.33. The summed E-state index contributed by atoms with van der Waals surface area (Å²) in [6.07, 6.45) is 4.32. The van der Waals surface area contributed by atoms with E-state index >= 15 is 0 Å². The molecule has 0 heterocycles. The number of hydrogen-bond donors (Lipinski definition) is 3. The summed E-state index contributed by atoms with van der Waals surface area (Å²) in [5, 5.41) is 13.5. The van der Waals surface area contributed by atoms with Crippen LogP contribution in [0, 0.1) is 0 Å². The molecule has 2 amide bonds. The second-order valence-corrected chi connectivity index (χ2v) is 4.35. The minimum Gasteiger partial charge on any atom is -0.480 e. The number of benzene rings is 1. The molecule has 1 aromatic rings. The normalized spacial score (nSPS) is 13.6. The number of rotatable bonds is 3. The lowest BCUT2D eigenvalue weighted by molar-refractivity contribution is -0.135. The summed E-state index contributed by atoms with van der Waals surface area (Å²) in [7, 11) is 0. The van der Waals surface area contributed by atoms with Gasteiger partial charge in [-0.25, -0.2) is 4.79 Å². The third-order valence-corrected chi connectivity index (χ3v) is 3.04. The SMILES string of the molecule is O=C(O)CNC(=O)Nc1cccc2c1CCCC2. The van der Waals surface area contributed by atoms with Gasteiger partial charge in [0.1, 0.15) is 6.54 Å². The average molecular weight is 248 g/mol. The van der Waals surface area contributed by atoms with E-state index in [0.717, 1.165) is 24.9 Å².